The van der Waals surface area contributed by atoms with Gasteiger partial charge in [0, 0.05) is 11.8 Å². The monoisotopic (exact) mass is 248 g/mol. The summed E-state index contributed by atoms with van der Waals surface area (Å²) in [7, 11) is 0. The first-order chi connectivity index (χ1) is 7.34. The van der Waals surface area contributed by atoms with Crippen molar-refractivity contribution in [2.75, 3.05) is 5.73 Å². The van der Waals surface area contributed by atoms with Crippen LogP contribution in [-0.2, 0) is 4.79 Å². The Morgan fingerprint density at radius 3 is 2.38 bits per heavy atom. The Morgan fingerprint density at radius 2 is 1.88 bits per heavy atom. The molecule has 16 heavy (non-hydrogen) atoms. The highest BCUT2D eigenvalue weighted by molar-refractivity contribution is 7.80. The Morgan fingerprint density at radius 1 is 1.38 bits per heavy atom. The minimum absolute atomic E-state index is 0.0529. The van der Waals surface area contributed by atoms with Crippen LogP contribution in [0.25, 0.3) is 0 Å². The third-order valence-corrected chi connectivity index (χ3v) is 2.67. The summed E-state index contributed by atoms with van der Waals surface area (Å²) in [5.41, 5.74) is 10.7. The van der Waals surface area contributed by atoms with E-state index in [-0.39, 0.29) is 11.3 Å². The fraction of sp³-hybridized carbons (Fsp3) is 0.222. The summed E-state index contributed by atoms with van der Waals surface area (Å²) in [5.74, 6) is -3.53. The number of halogens is 2. The van der Waals surface area contributed by atoms with Crippen LogP contribution in [0.15, 0.2) is 12.1 Å². The smallest absolute Gasteiger partial charge is 0.321 e. The van der Waals surface area contributed by atoms with Crippen LogP contribution in [0, 0.1) is 11.6 Å². The van der Waals surface area contributed by atoms with E-state index in [2.05, 4.69) is 12.6 Å². The highest BCUT2D eigenvalue weighted by atomic mass is 32.1. The molecule has 1 unspecified atom stereocenters. The van der Waals surface area contributed by atoms with Crippen molar-refractivity contribution in [3.63, 3.8) is 0 Å². The van der Waals surface area contributed by atoms with E-state index >= 15 is 0 Å². The summed E-state index contributed by atoms with van der Waals surface area (Å²) in [6, 6.07) is 0.212. The minimum atomic E-state index is -1.35. The summed E-state index contributed by atoms with van der Waals surface area (Å²) in [5, 5.41) is 7.64. The normalized spacial score (nSPS) is 14.5. The molecule has 0 fully saturated rings. The Kier molecular flexibility index (Phi) is 3.71. The zero-order valence-electron chi connectivity index (χ0n) is 8.02. The summed E-state index contributed by atoms with van der Waals surface area (Å²) in [4.78, 5) is 10.6. The molecule has 0 heterocycles. The maximum Gasteiger partial charge on any atom is 0.321 e. The SMILES string of the molecule is Nc1cc(F)c(F)cc1C(S)[C@@H](N)C(=O)O. The molecule has 2 atom stereocenters. The molecule has 1 rings (SSSR count). The predicted molar refractivity (Wildman–Crippen MR) is 58.1 cm³/mol. The Labute approximate surface area is 95.6 Å². The number of aliphatic carboxylic acids is 1. The van der Waals surface area contributed by atoms with Crippen molar-refractivity contribution in [3.05, 3.63) is 29.3 Å². The van der Waals surface area contributed by atoms with Crippen LogP contribution in [0.5, 0.6) is 0 Å². The van der Waals surface area contributed by atoms with Gasteiger partial charge < -0.3 is 16.6 Å². The van der Waals surface area contributed by atoms with Crippen molar-refractivity contribution in [1.29, 1.82) is 0 Å². The Balaban J connectivity index is 3.13. The van der Waals surface area contributed by atoms with Gasteiger partial charge in [-0.1, -0.05) is 0 Å². The van der Waals surface area contributed by atoms with E-state index in [0.29, 0.717) is 0 Å². The Hall–Kier alpha value is -1.34. The number of hydrogen-bond donors (Lipinski definition) is 4. The summed E-state index contributed by atoms with van der Waals surface area (Å²) in [6.45, 7) is 0. The van der Waals surface area contributed by atoms with Crippen LogP contribution < -0.4 is 11.5 Å². The molecule has 0 bridgehead atoms. The molecule has 0 aliphatic rings. The van der Waals surface area contributed by atoms with Crippen molar-refractivity contribution in [2.24, 2.45) is 5.73 Å². The molecule has 0 aromatic heterocycles. The van der Waals surface area contributed by atoms with Gasteiger partial charge in [0.25, 0.3) is 0 Å². The third-order valence-electron chi connectivity index (χ3n) is 2.07. The van der Waals surface area contributed by atoms with Crippen molar-refractivity contribution in [2.45, 2.75) is 11.3 Å². The number of anilines is 1. The fourth-order valence-electron chi connectivity index (χ4n) is 1.16. The second kappa shape index (κ2) is 4.67. The number of carboxylic acids is 1. The van der Waals surface area contributed by atoms with E-state index in [0.717, 1.165) is 12.1 Å². The van der Waals surface area contributed by atoms with Crippen molar-refractivity contribution >= 4 is 24.3 Å². The molecule has 0 saturated carbocycles. The molecule has 0 saturated heterocycles. The number of carbonyl (C=O) groups is 1. The quantitative estimate of drug-likeness (QED) is 0.473. The van der Waals surface area contributed by atoms with Gasteiger partial charge in [-0.15, -0.1) is 0 Å². The largest absolute Gasteiger partial charge is 0.480 e. The van der Waals surface area contributed by atoms with Gasteiger partial charge in [-0.05, 0) is 11.6 Å². The topological polar surface area (TPSA) is 89.3 Å². The number of carboxylic acid groups (broad SMARTS) is 1. The van der Waals surface area contributed by atoms with Crippen LogP contribution in [-0.4, -0.2) is 17.1 Å². The van der Waals surface area contributed by atoms with Gasteiger partial charge in [0.2, 0.25) is 0 Å². The number of nitrogens with two attached hydrogens (primary N) is 2. The first kappa shape index (κ1) is 12.7. The lowest BCUT2D eigenvalue weighted by Gasteiger charge is -2.17. The molecule has 7 heteroatoms. The van der Waals surface area contributed by atoms with Crippen molar-refractivity contribution in [3.8, 4) is 0 Å². The molecule has 0 spiro atoms. The molecule has 0 aliphatic heterocycles. The molecule has 0 aliphatic carbocycles. The average Bonchev–Trinajstić information content (AvgIpc) is 2.21. The standard InChI is InChI=1S/C9H10F2N2O2S/c10-4-1-3(6(12)2-5(4)11)8(16)7(13)9(14)15/h1-2,7-8,16H,12-13H2,(H,14,15)/t7-,8?/m1/s1. The lowest BCUT2D eigenvalue weighted by Crippen LogP contribution is -2.34. The predicted octanol–water partition coefficient (Wildman–Crippen LogP) is 0.930. The molecular weight excluding hydrogens is 238 g/mol. The first-order valence-electron chi connectivity index (χ1n) is 4.25. The van der Waals surface area contributed by atoms with E-state index in [1.807, 2.05) is 0 Å². The van der Waals surface area contributed by atoms with Crippen LogP contribution in [0.4, 0.5) is 14.5 Å². The fourth-order valence-corrected chi connectivity index (χ4v) is 1.51. The highest BCUT2D eigenvalue weighted by Crippen LogP contribution is 2.29. The second-order valence-electron chi connectivity index (χ2n) is 3.20. The lowest BCUT2D eigenvalue weighted by atomic mass is 10.0. The van der Waals surface area contributed by atoms with Crippen LogP contribution in [0.2, 0.25) is 0 Å². The molecule has 1 aromatic rings. The van der Waals surface area contributed by atoms with Crippen LogP contribution in [0.3, 0.4) is 0 Å². The summed E-state index contributed by atoms with van der Waals surface area (Å²) < 4.78 is 25.7. The third kappa shape index (κ3) is 2.42. The number of nitrogen functional groups attached to an aromatic ring is 1. The Bertz CT molecular complexity index is 428. The summed E-state index contributed by atoms with van der Waals surface area (Å²) in [6.07, 6.45) is 0. The number of thiol groups is 1. The number of benzene rings is 1. The van der Waals surface area contributed by atoms with E-state index in [1.54, 1.807) is 0 Å². The van der Waals surface area contributed by atoms with Gasteiger partial charge in [0.15, 0.2) is 11.6 Å². The number of hydrogen-bond acceptors (Lipinski definition) is 4. The minimum Gasteiger partial charge on any atom is -0.480 e. The molecule has 0 radical (unpaired) electrons. The number of rotatable bonds is 3. The maximum atomic E-state index is 12.9. The van der Waals surface area contributed by atoms with Crippen LogP contribution >= 0.6 is 12.6 Å². The van der Waals surface area contributed by atoms with Gasteiger partial charge in [0.1, 0.15) is 6.04 Å². The van der Waals surface area contributed by atoms with Gasteiger partial charge >= 0.3 is 5.97 Å². The second-order valence-corrected chi connectivity index (χ2v) is 3.76. The molecule has 4 nitrogen and oxygen atoms in total. The summed E-state index contributed by atoms with van der Waals surface area (Å²) >= 11 is 3.93. The van der Waals surface area contributed by atoms with Crippen molar-refractivity contribution < 1.29 is 18.7 Å². The highest BCUT2D eigenvalue weighted by Gasteiger charge is 2.25. The van der Waals surface area contributed by atoms with Crippen molar-refractivity contribution in [1.82, 2.24) is 0 Å². The average molecular weight is 248 g/mol. The molecule has 5 N–H and O–H groups in total. The van der Waals surface area contributed by atoms with Gasteiger partial charge in [-0.2, -0.15) is 12.6 Å². The zero-order valence-corrected chi connectivity index (χ0v) is 8.92. The van der Waals surface area contributed by atoms with Gasteiger partial charge in [0.05, 0.1) is 5.25 Å². The van der Waals surface area contributed by atoms with Crippen LogP contribution in [0.1, 0.15) is 10.8 Å². The molecule has 1 aromatic carbocycles. The van der Waals surface area contributed by atoms with E-state index in [9.17, 15) is 13.6 Å². The maximum absolute atomic E-state index is 12.9. The molecular formula is C9H10F2N2O2S. The van der Waals surface area contributed by atoms with E-state index in [4.69, 9.17) is 16.6 Å². The van der Waals surface area contributed by atoms with E-state index in [1.165, 1.54) is 0 Å². The van der Waals surface area contributed by atoms with Gasteiger partial charge in [-0.25, -0.2) is 8.78 Å². The van der Waals surface area contributed by atoms with E-state index < -0.39 is 28.9 Å². The molecule has 0 amide bonds. The van der Waals surface area contributed by atoms with Gasteiger partial charge in [-0.3, -0.25) is 4.79 Å². The first-order valence-corrected chi connectivity index (χ1v) is 4.77. The lowest BCUT2D eigenvalue weighted by molar-refractivity contribution is -0.138. The zero-order chi connectivity index (χ0) is 12.5. The molecule has 88 valence electrons.